The van der Waals surface area contributed by atoms with Gasteiger partial charge in [-0.15, -0.1) is 0 Å². The SMILES string of the molecule is OC(CNCc1ncon1)CN1CCOCC1. The van der Waals surface area contributed by atoms with Gasteiger partial charge in [-0.25, -0.2) is 0 Å². The van der Waals surface area contributed by atoms with Crippen LogP contribution in [0.2, 0.25) is 0 Å². The number of aliphatic hydroxyl groups excluding tert-OH is 1. The second kappa shape index (κ2) is 6.65. The summed E-state index contributed by atoms with van der Waals surface area (Å²) >= 11 is 0. The van der Waals surface area contributed by atoms with E-state index >= 15 is 0 Å². The molecule has 0 amide bonds. The van der Waals surface area contributed by atoms with Gasteiger partial charge in [0, 0.05) is 26.2 Å². The Morgan fingerprint density at radius 1 is 1.47 bits per heavy atom. The molecule has 0 bridgehead atoms. The van der Waals surface area contributed by atoms with Crippen LogP contribution in [-0.2, 0) is 11.3 Å². The molecule has 17 heavy (non-hydrogen) atoms. The van der Waals surface area contributed by atoms with Gasteiger partial charge in [0.1, 0.15) is 0 Å². The van der Waals surface area contributed by atoms with Gasteiger partial charge in [0.05, 0.1) is 25.9 Å². The molecule has 2 rings (SSSR count). The smallest absolute Gasteiger partial charge is 0.213 e. The van der Waals surface area contributed by atoms with E-state index in [0.717, 1.165) is 26.3 Å². The first-order chi connectivity index (χ1) is 8.34. The van der Waals surface area contributed by atoms with Gasteiger partial charge in [-0.1, -0.05) is 5.16 Å². The van der Waals surface area contributed by atoms with Gasteiger partial charge in [0.15, 0.2) is 5.82 Å². The van der Waals surface area contributed by atoms with Crippen molar-refractivity contribution in [3.63, 3.8) is 0 Å². The van der Waals surface area contributed by atoms with Crippen LogP contribution >= 0.6 is 0 Å². The van der Waals surface area contributed by atoms with E-state index in [2.05, 4.69) is 24.9 Å². The molecule has 0 aliphatic carbocycles. The zero-order chi connectivity index (χ0) is 11.9. The van der Waals surface area contributed by atoms with Crippen LogP contribution in [0.1, 0.15) is 5.82 Å². The number of hydrogen-bond acceptors (Lipinski definition) is 7. The van der Waals surface area contributed by atoms with Crippen LogP contribution in [0.15, 0.2) is 10.9 Å². The van der Waals surface area contributed by atoms with Gasteiger partial charge in [-0.3, -0.25) is 4.90 Å². The highest BCUT2D eigenvalue weighted by Crippen LogP contribution is 1.98. The highest BCUT2D eigenvalue weighted by molar-refractivity contribution is 4.77. The molecule has 1 atom stereocenters. The monoisotopic (exact) mass is 242 g/mol. The van der Waals surface area contributed by atoms with Crippen LogP contribution in [0, 0.1) is 0 Å². The second-order valence-electron chi connectivity index (χ2n) is 4.05. The molecule has 2 heterocycles. The molecule has 0 radical (unpaired) electrons. The zero-order valence-electron chi connectivity index (χ0n) is 9.71. The second-order valence-corrected chi connectivity index (χ2v) is 4.05. The number of nitrogens with one attached hydrogen (secondary N) is 1. The highest BCUT2D eigenvalue weighted by Gasteiger charge is 2.14. The van der Waals surface area contributed by atoms with Crippen LogP contribution in [-0.4, -0.2) is 65.6 Å². The maximum absolute atomic E-state index is 9.82. The summed E-state index contributed by atoms with van der Waals surface area (Å²) in [5.41, 5.74) is 0. The molecule has 96 valence electrons. The zero-order valence-corrected chi connectivity index (χ0v) is 9.71. The summed E-state index contributed by atoms with van der Waals surface area (Å²) in [6.07, 6.45) is 0.904. The average Bonchev–Trinajstić information content (AvgIpc) is 2.83. The fourth-order valence-electron chi connectivity index (χ4n) is 1.77. The number of β-amino-alcohol motifs (C(OH)–C–C–N with tert-alkyl or cyclic N) is 1. The summed E-state index contributed by atoms with van der Waals surface area (Å²) in [5.74, 6) is 0.601. The summed E-state index contributed by atoms with van der Waals surface area (Å²) in [4.78, 5) is 6.08. The van der Waals surface area contributed by atoms with E-state index in [1.165, 1.54) is 6.39 Å². The molecule has 0 aromatic carbocycles. The average molecular weight is 242 g/mol. The van der Waals surface area contributed by atoms with Crippen molar-refractivity contribution in [2.45, 2.75) is 12.6 Å². The fourth-order valence-corrected chi connectivity index (χ4v) is 1.77. The quantitative estimate of drug-likeness (QED) is 0.651. The summed E-state index contributed by atoms with van der Waals surface area (Å²) in [5, 5.41) is 16.6. The van der Waals surface area contributed by atoms with E-state index in [4.69, 9.17) is 4.74 Å². The molecule has 1 fully saturated rings. The highest BCUT2D eigenvalue weighted by atomic mass is 16.5. The van der Waals surface area contributed by atoms with Crippen molar-refractivity contribution < 1.29 is 14.4 Å². The lowest BCUT2D eigenvalue weighted by atomic mass is 10.3. The summed E-state index contributed by atoms with van der Waals surface area (Å²) in [6, 6.07) is 0. The number of aliphatic hydroxyl groups is 1. The Morgan fingerprint density at radius 3 is 3.00 bits per heavy atom. The predicted octanol–water partition coefficient (Wildman–Crippen LogP) is -1.15. The van der Waals surface area contributed by atoms with Gasteiger partial charge in [0.2, 0.25) is 6.39 Å². The number of morpholine rings is 1. The van der Waals surface area contributed by atoms with Crippen molar-refractivity contribution in [1.29, 1.82) is 0 Å². The molecule has 7 heteroatoms. The van der Waals surface area contributed by atoms with Gasteiger partial charge in [0.25, 0.3) is 0 Å². The Balaban J connectivity index is 1.58. The Bertz CT molecular complexity index is 301. The van der Waals surface area contributed by atoms with Gasteiger partial charge < -0.3 is 19.7 Å². The molecule has 1 aliphatic rings. The van der Waals surface area contributed by atoms with E-state index in [-0.39, 0.29) is 6.10 Å². The van der Waals surface area contributed by atoms with Gasteiger partial charge in [-0.2, -0.15) is 4.98 Å². The molecule has 1 aromatic rings. The molecule has 2 N–H and O–H groups in total. The summed E-state index contributed by atoms with van der Waals surface area (Å²) < 4.78 is 9.85. The van der Waals surface area contributed by atoms with Gasteiger partial charge >= 0.3 is 0 Å². The van der Waals surface area contributed by atoms with Gasteiger partial charge in [-0.05, 0) is 0 Å². The first-order valence-corrected chi connectivity index (χ1v) is 5.79. The van der Waals surface area contributed by atoms with E-state index in [9.17, 15) is 5.11 Å². The minimum Gasteiger partial charge on any atom is -0.390 e. The lowest BCUT2D eigenvalue weighted by Gasteiger charge is -2.28. The number of rotatable bonds is 6. The van der Waals surface area contributed by atoms with E-state index < -0.39 is 0 Å². The number of aromatic nitrogens is 2. The first kappa shape index (κ1) is 12.4. The molecule has 1 unspecified atom stereocenters. The molecule has 0 saturated carbocycles. The lowest BCUT2D eigenvalue weighted by Crippen LogP contribution is -2.43. The van der Waals surface area contributed by atoms with Crippen molar-refractivity contribution >= 4 is 0 Å². The van der Waals surface area contributed by atoms with E-state index in [1.807, 2.05) is 0 Å². The van der Waals surface area contributed by atoms with Crippen molar-refractivity contribution in [3.8, 4) is 0 Å². The van der Waals surface area contributed by atoms with Crippen LogP contribution in [0.4, 0.5) is 0 Å². The number of nitrogens with zero attached hydrogens (tertiary/aromatic N) is 3. The normalized spacial score (nSPS) is 19.4. The molecule has 1 aliphatic heterocycles. The maximum atomic E-state index is 9.82. The Hall–Kier alpha value is -1.02. The third kappa shape index (κ3) is 4.39. The van der Waals surface area contributed by atoms with E-state index in [0.29, 0.717) is 25.5 Å². The molecular formula is C10H18N4O3. The number of hydrogen-bond donors (Lipinski definition) is 2. The van der Waals surface area contributed by atoms with Crippen LogP contribution in [0.3, 0.4) is 0 Å². The predicted molar refractivity (Wildman–Crippen MR) is 59.3 cm³/mol. The largest absolute Gasteiger partial charge is 0.390 e. The van der Waals surface area contributed by atoms with Crippen LogP contribution < -0.4 is 5.32 Å². The van der Waals surface area contributed by atoms with Crippen LogP contribution in [0.5, 0.6) is 0 Å². The minimum absolute atomic E-state index is 0.389. The topological polar surface area (TPSA) is 83.7 Å². The summed E-state index contributed by atoms with van der Waals surface area (Å²) in [7, 11) is 0. The van der Waals surface area contributed by atoms with Crippen LogP contribution in [0.25, 0.3) is 0 Å². The molecule has 1 saturated heterocycles. The molecule has 7 nitrogen and oxygen atoms in total. The van der Waals surface area contributed by atoms with Crippen molar-refractivity contribution in [3.05, 3.63) is 12.2 Å². The Kier molecular flexibility index (Phi) is 4.87. The summed E-state index contributed by atoms with van der Waals surface area (Å²) in [6.45, 7) is 4.99. The first-order valence-electron chi connectivity index (χ1n) is 5.79. The third-order valence-electron chi connectivity index (χ3n) is 2.64. The van der Waals surface area contributed by atoms with Crippen molar-refractivity contribution in [1.82, 2.24) is 20.4 Å². The Morgan fingerprint density at radius 2 is 2.29 bits per heavy atom. The molecule has 1 aromatic heterocycles. The molecule has 0 spiro atoms. The third-order valence-corrected chi connectivity index (χ3v) is 2.64. The van der Waals surface area contributed by atoms with E-state index in [1.54, 1.807) is 0 Å². The lowest BCUT2D eigenvalue weighted by molar-refractivity contribution is 0.0148. The molecular weight excluding hydrogens is 224 g/mol. The van der Waals surface area contributed by atoms with Crippen molar-refractivity contribution in [2.75, 3.05) is 39.4 Å². The Labute approximate surface area is 99.7 Å². The minimum atomic E-state index is -0.389. The van der Waals surface area contributed by atoms with Crippen molar-refractivity contribution in [2.24, 2.45) is 0 Å². The fraction of sp³-hybridized carbons (Fsp3) is 0.800. The number of ether oxygens (including phenoxy) is 1. The maximum Gasteiger partial charge on any atom is 0.213 e. The standard InChI is InChI=1S/C10H18N4O3/c15-9(7-14-1-3-16-4-2-14)5-11-6-10-12-8-17-13-10/h8-9,11,15H,1-7H2.